The fourth-order valence-electron chi connectivity index (χ4n) is 1.78. The van der Waals surface area contributed by atoms with Crippen molar-refractivity contribution < 1.29 is 17.9 Å². The van der Waals surface area contributed by atoms with Crippen LogP contribution >= 0.6 is 0 Å². The van der Waals surface area contributed by atoms with Crippen molar-refractivity contribution >= 4 is 15.8 Å². The first-order valence-corrected chi connectivity index (χ1v) is 8.26. The number of hydrogen-bond donors (Lipinski definition) is 1. The predicted molar refractivity (Wildman–Crippen MR) is 77.9 cm³/mol. The molecule has 1 aromatic carbocycles. The van der Waals surface area contributed by atoms with Crippen molar-refractivity contribution in [1.29, 1.82) is 0 Å². The molecule has 1 aromatic rings. The molecule has 2 N–H and O–H groups in total. The maximum absolute atomic E-state index is 12.3. The van der Waals surface area contributed by atoms with Crippen molar-refractivity contribution in [3.63, 3.8) is 0 Å². The minimum Gasteiger partial charge on any atom is -0.458 e. The smallest absolute Gasteiger partial charge is 0.332 e. The van der Waals surface area contributed by atoms with Crippen LogP contribution in [-0.4, -0.2) is 32.0 Å². The van der Waals surface area contributed by atoms with Gasteiger partial charge in [-0.25, -0.2) is 13.2 Å². The van der Waals surface area contributed by atoms with Crippen LogP contribution in [-0.2, 0) is 24.9 Å². The molecule has 5 nitrogen and oxygen atoms in total. The molecule has 20 heavy (non-hydrogen) atoms. The van der Waals surface area contributed by atoms with Gasteiger partial charge in [0.15, 0.2) is 5.54 Å². The number of nitrogens with two attached hydrogens (primary N) is 1. The first kappa shape index (κ1) is 16.7. The Morgan fingerprint density at radius 2 is 1.70 bits per heavy atom. The van der Waals surface area contributed by atoms with E-state index >= 15 is 0 Å². The Balaban J connectivity index is 3.25. The Labute approximate surface area is 120 Å². The molecule has 0 radical (unpaired) electrons. The minimum absolute atomic E-state index is 0.416. The van der Waals surface area contributed by atoms with Gasteiger partial charge in [0.25, 0.3) is 0 Å². The van der Waals surface area contributed by atoms with Crippen LogP contribution in [0, 0.1) is 0 Å². The molecule has 0 saturated heterocycles. The summed E-state index contributed by atoms with van der Waals surface area (Å²) in [5.41, 5.74) is 4.07. The molecule has 0 amide bonds. The number of rotatable bonds is 4. The largest absolute Gasteiger partial charge is 0.458 e. The van der Waals surface area contributed by atoms with Crippen LogP contribution in [0.3, 0.4) is 0 Å². The fourth-order valence-corrected chi connectivity index (χ4v) is 2.89. The molecule has 1 rings (SSSR count). The third kappa shape index (κ3) is 4.61. The minimum atomic E-state index is -3.46. The van der Waals surface area contributed by atoms with Crippen molar-refractivity contribution in [2.24, 2.45) is 5.73 Å². The van der Waals surface area contributed by atoms with Crippen LogP contribution in [0.15, 0.2) is 30.3 Å². The lowest BCUT2D eigenvalue weighted by atomic mass is 9.93. The van der Waals surface area contributed by atoms with Gasteiger partial charge in [-0.15, -0.1) is 0 Å². The van der Waals surface area contributed by atoms with E-state index in [2.05, 4.69) is 0 Å². The summed E-state index contributed by atoms with van der Waals surface area (Å²) >= 11 is 0. The summed E-state index contributed by atoms with van der Waals surface area (Å²) in [6, 6.07) is 8.40. The zero-order valence-electron chi connectivity index (χ0n) is 12.2. The molecule has 0 spiro atoms. The molecule has 0 aliphatic heterocycles. The van der Waals surface area contributed by atoms with Gasteiger partial charge in [0, 0.05) is 6.26 Å². The van der Waals surface area contributed by atoms with Gasteiger partial charge in [-0.2, -0.15) is 0 Å². The molecule has 0 bridgehead atoms. The molecule has 1 atom stereocenters. The highest BCUT2D eigenvalue weighted by molar-refractivity contribution is 7.90. The second-order valence-electron chi connectivity index (χ2n) is 5.91. The Morgan fingerprint density at radius 3 is 2.10 bits per heavy atom. The van der Waals surface area contributed by atoms with Gasteiger partial charge in [0.2, 0.25) is 0 Å². The third-order valence-corrected chi connectivity index (χ3v) is 3.52. The maximum atomic E-state index is 12.3. The van der Waals surface area contributed by atoms with Gasteiger partial charge in [-0.3, -0.25) is 0 Å². The molecule has 0 heterocycles. The first-order valence-electron chi connectivity index (χ1n) is 6.20. The van der Waals surface area contributed by atoms with E-state index in [4.69, 9.17) is 10.5 Å². The molecule has 1 unspecified atom stereocenters. The Morgan fingerprint density at radius 1 is 1.20 bits per heavy atom. The standard InChI is InChI=1S/C14H21NO4S/c1-13(2,3)19-12(16)14(15,10-20(4,17)18)11-8-6-5-7-9-11/h5-9H,10,15H2,1-4H3. The maximum Gasteiger partial charge on any atom is 0.332 e. The van der Waals surface area contributed by atoms with Crippen molar-refractivity contribution in [3.8, 4) is 0 Å². The summed E-state index contributed by atoms with van der Waals surface area (Å²) in [5.74, 6) is -1.25. The molecule has 6 heteroatoms. The average molecular weight is 299 g/mol. The third-order valence-electron chi connectivity index (χ3n) is 2.54. The lowest BCUT2D eigenvalue weighted by Gasteiger charge is -2.31. The van der Waals surface area contributed by atoms with E-state index in [1.807, 2.05) is 0 Å². The van der Waals surface area contributed by atoms with E-state index in [1.54, 1.807) is 51.1 Å². The number of benzene rings is 1. The van der Waals surface area contributed by atoms with E-state index in [9.17, 15) is 13.2 Å². The van der Waals surface area contributed by atoms with E-state index < -0.39 is 32.7 Å². The van der Waals surface area contributed by atoms with Gasteiger partial charge in [0.05, 0.1) is 5.75 Å². The molecule has 112 valence electrons. The van der Waals surface area contributed by atoms with Crippen LogP contribution in [0.1, 0.15) is 26.3 Å². The topological polar surface area (TPSA) is 86.5 Å². The van der Waals surface area contributed by atoms with Crippen molar-refractivity contribution in [2.75, 3.05) is 12.0 Å². The van der Waals surface area contributed by atoms with Crippen LogP contribution in [0.25, 0.3) is 0 Å². The highest BCUT2D eigenvalue weighted by Crippen LogP contribution is 2.24. The van der Waals surface area contributed by atoms with E-state index in [1.165, 1.54) is 0 Å². The van der Waals surface area contributed by atoms with E-state index in [0.29, 0.717) is 5.56 Å². The van der Waals surface area contributed by atoms with E-state index in [-0.39, 0.29) is 0 Å². The van der Waals surface area contributed by atoms with Gasteiger partial charge in [0.1, 0.15) is 15.4 Å². The molecule has 0 aliphatic rings. The molecule has 0 aromatic heterocycles. The zero-order valence-corrected chi connectivity index (χ0v) is 13.0. The summed E-state index contributed by atoms with van der Waals surface area (Å²) in [6.07, 6.45) is 1.04. The molecule has 0 fully saturated rings. The van der Waals surface area contributed by atoms with Gasteiger partial charge < -0.3 is 10.5 Å². The molecular weight excluding hydrogens is 278 g/mol. The number of ether oxygens (including phenoxy) is 1. The number of hydrogen-bond acceptors (Lipinski definition) is 5. The Hall–Kier alpha value is -1.40. The van der Waals surface area contributed by atoms with Crippen LogP contribution in [0.4, 0.5) is 0 Å². The normalized spacial score (nSPS) is 15.4. The second kappa shape index (κ2) is 5.54. The first-order chi connectivity index (χ1) is 8.94. The van der Waals surface area contributed by atoms with Crippen molar-refractivity contribution in [1.82, 2.24) is 0 Å². The summed E-state index contributed by atoms with van der Waals surface area (Å²) < 4.78 is 28.5. The quantitative estimate of drug-likeness (QED) is 0.845. The van der Waals surface area contributed by atoms with Gasteiger partial charge >= 0.3 is 5.97 Å². The zero-order chi connectivity index (χ0) is 15.6. The number of carbonyl (C=O) groups is 1. The molecular formula is C14H21NO4S. The fraction of sp³-hybridized carbons (Fsp3) is 0.500. The van der Waals surface area contributed by atoms with Crippen LogP contribution in [0.5, 0.6) is 0 Å². The average Bonchev–Trinajstić information content (AvgIpc) is 2.25. The SMILES string of the molecule is CC(C)(C)OC(=O)C(N)(CS(C)(=O)=O)c1ccccc1. The summed E-state index contributed by atoms with van der Waals surface area (Å²) in [5, 5.41) is 0. The van der Waals surface area contributed by atoms with Gasteiger partial charge in [-0.1, -0.05) is 30.3 Å². The van der Waals surface area contributed by atoms with Crippen molar-refractivity contribution in [2.45, 2.75) is 31.9 Å². The lowest BCUT2D eigenvalue weighted by molar-refractivity contribution is -0.161. The Kier molecular flexibility index (Phi) is 4.61. The molecule has 0 saturated carbocycles. The highest BCUT2D eigenvalue weighted by atomic mass is 32.2. The van der Waals surface area contributed by atoms with Crippen LogP contribution < -0.4 is 5.73 Å². The van der Waals surface area contributed by atoms with E-state index in [0.717, 1.165) is 6.26 Å². The summed E-state index contributed by atoms with van der Waals surface area (Å²) in [6.45, 7) is 5.12. The van der Waals surface area contributed by atoms with Crippen molar-refractivity contribution in [3.05, 3.63) is 35.9 Å². The highest BCUT2D eigenvalue weighted by Gasteiger charge is 2.42. The van der Waals surface area contributed by atoms with Crippen LogP contribution in [0.2, 0.25) is 0 Å². The summed E-state index contributed by atoms with van der Waals surface area (Å²) in [7, 11) is -3.46. The Bertz CT molecular complexity index is 575. The lowest BCUT2D eigenvalue weighted by Crippen LogP contribution is -2.52. The summed E-state index contributed by atoms with van der Waals surface area (Å²) in [4.78, 5) is 12.3. The second-order valence-corrected chi connectivity index (χ2v) is 8.05. The monoisotopic (exact) mass is 299 g/mol. The number of carbonyl (C=O) groups excluding carboxylic acids is 1. The number of esters is 1. The number of sulfone groups is 1. The van der Waals surface area contributed by atoms with Gasteiger partial charge in [-0.05, 0) is 26.3 Å². The molecule has 0 aliphatic carbocycles. The predicted octanol–water partition coefficient (Wildman–Crippen LogP) is 1.23.